The minimum Gasteiger partial charge on any atom is -0.347 e. The number of hydrogen-bond acceptors (Lipinski definition) is 4. The fourth-order valence-corrected chi connectivity index (χ4v) is 3.37. The van der Waals surface area contributed by atoms with E-state index in [0.29, 0.717) is 6.04 Å². The number of likely N-dealkylation sites (tertiary alicyclic amines) is 1. The third-order valence-corrected chi connectivity index (χ3v) is 4.44. The summed E-state index contributed by atoms with van der Waals surface area (Å²) < 4.78 is 1.89. The molecule has 3 aromatic heterocycles. The molecular formula is C16H20N6. The Labute approximate surface area is 129 Å². The first-order valence-corrected chi connectivity index (χ1v) is 7.84. The highest BCUT2D eigenvalue weighted by molar-refractivity contribution is 5.39. The summed E-state index contributed by atoms with van der Waals surface area (Å²) in [6.45, 7) is 4.10. The van der Waals surface area contributed by atoms with Gasteiger partial charge in [-0.25, -0.2) is 14.5 Å². The Bertz CT molecular complexity index is 760. The minimum atomic E-state index is 0.371. The molecule has 0 spiro atoms. The van der Waals surface area contributed by atoms with Crippen molar-refractivity contribution in [2.24, 2.45) is 0 Å². The lowest BCUT2D eigenvalue weighted by Gasteiger charge is -2.35. The molecule has 1 saturated heterocycles. The van der Waals surface area contributed by atoms with Gasteiger partial charge in [-0.15, -0.1) is 0 Å². The van der Waals surface area contributed by atoms with E-state index in [1.54, 1.807) is 6.33 Å². The number of fused-ring (bicyclic) bond motifs is 1. The predicted octanol–water partition coefficient (Wildman–Crippen LogP) is 2.49. The van der Waals surface area contributed by atoms with E-state index >= 15 is 0 Å². The number of aromatic nitrogens is 5. The van der Waals surface area contributed by atoms with Crippen molar-refractivity contribution >= 4 is 5.65 Å². The lowest BCUT2D eigenvalue weighted by atomic mass is 9.98. The van der Waals surface area contributed by atoms with Crippen LogP contribution in [0.25, 0.3) is 5.65 Å². The summed E-state index contributed by atoms with van der Waals surface area (Å²) in [5, 5.41) is 4.31. The van der Waals surface area contributed by atoms with Crippen molar-refractivity contribution in [1.29, 1.82) is 0 Å². The van der Waals surface area contributed by atoms with E-state index in [9.17, 15) is 0 Å². The average Bonchev–Trinajstić information content (AvgIpc) is 3.19. The molecule has 114 valence electrons. The van der Waals surface area contributed by atoms with Gasteiger partial charge in [0.1, 0.15) is 0 Å². The molecule has 1 aliphatic rings. The number of imidazole rings is 1. The minimum absolute atomic E-state index is 0.371. The van der Waals surface area contributed by atoms with Gasteiger partial charge in [-0.2, -0.15) is 5.10 Å². The van der Waals surface area contributed by atoms with E-state index in [4.69, 9.17) is 4.98 Å². The number of nitrogens with zero attached hydrogens (tertiary/aromatic N) is 5. The zero-order valence-corrected chi connectivity index (χ0v) is 12.7. The number of rotatable bonds is 3. The summed E-state index contributed by atoms with van der Waals surface area (Å²) in [5.41, 5.74) is 4.39. The number of piperidine rings is 1. The Kier molecular flexibility index (Phi) is 3.38. The SMILES string of the molecule is Cc1cc(C2CCCCN2Cc2cnc[nH]2)nc2ccnn12. The Morgan fingerprint density at radius 1 is 1.36 bits per heavy atom. The molecule has 0 saturated carbocycles. The van der Waals surface area contributed by atoms with Gasteiger partial charge in [-0.05, 0) is 32.4 Å². The molecule has 1 N–H and O–H groups in total. The van der Waals surface area contributed by atoms with Crippen molar-refractivity contribution in [3.05, 3.63) is 47.9 Å². The first-order chi connectivity index (χ1) is 10.8. The molecule has 0 aromatic carbocycles. The van der Waals surface area contributed by atoms with Gasteiger partial charge in [-0.1, -0.05) is 6.42 Å². The summed E-state index contributed by atoms with van der Waals surface area (Å²) >= 11 is 0. The molecule has 1 atom stereocenters. The zero-order valence-electron chi connectivity index (χ0n) is 12.7. The van der Waals surface area contributed by atoms with Crippen molar-refractivity contribution in [1.82, 2.24) is 29.5 Å². The van der Waals surface area contributed by atoms with E-state index in [1.165, 1.54) is 12.8 Å². The fourth-order valence-electron chi connectivity index (χ4n) is 3.37. The largest absolute Gasteiger partial charge is 0.347 e. The van der Waals surface area contributed by atoms with Gasteiger partial charge in [-0.3, -0.25) is 4.90 Å². The van der Waals surface area contributed by atoms with Crippen molar-refractivity contribution in [3.63, 3.8) is 0 Å². The second-order valence-corrected chi connectivity index (χ2v) is 5.98. The van der Waals surface area contributed by atoms with E-state index in [2.05, 4.69) is 33.0 Å². The Balaban J connectivity index is 1.67. The highest BCUT2D eigenvalue weighted by Gasteiger charge is 2.26. The number of nitrogens with one attached hydrogen (secondary N) is 1. The van der Waals surface area contributed by atoms with Crippen molar-refractivity contribution in [2.75, 3.05) is 6.54 Å². The maximum Gasteiger partial charge on any atom is 0.155 e. The van der Waals surface area contributed by atoms with E-state index in [1.807, 2.05) is 23.0 Å². The fraction of sp³-hybridized carbons (Fsp3) is 0.438. The predicted molar refractivity (Wildman–Crippen MR) is 83.3 cm³/mol. The molecule has 1 unspecified atom stereocenters. The van der Waals surface area contributed by atoms with Gasteiger partial charge in [0, 0.05) is 30.2 Å². The quantitative estimate of drug-likeness (QED) is 0.806. The van der Waals surface area contributed by atoms with Crippen LogP contribution in [0, 0.1) is 6.92 Å². The standard InChI is InChI=1S/C16H20N6/c1-12-8-14(20-16-5-6-19-22(12)16)15-4-2-3-7-21(15)10-13-9-17-11-18-13/h5-6,8-9,11,15H,2-4,7,10H2,1H3,(H,17,18). The van der Waals surface area contributed by atoms with Crippen LogP contribution in [0.5, 0.6) is 0 Å². The third kappa shape index (κ3) is 2.39. The first-order valence-electron chi connectivity index (χ1n) is 7.84. The van der Waals surface area contributed by atoms with Gasteiger partial charge in [0.15, 0.2) is 5.65 Å². The van der Waals surface area contributed by atoms with Gasteiger partial charge in [0.25, 0.3) is 0 Å². The van der Waals surface area contributed by atoms with Gasteiger partial charge >= 0.3 is 0 Å². The topological polar surface area (TPSA) is 62.1 Å². The number of aryl methyl sites for hydroxylation is 1. The maximum atomic E-state index is 4.83. The smallest absolute Gasteiger partial charge is 0.155 e. The van der Waals surface area contributed by atoms with E-state index < -0.39 is 0 Å². The molecule has 0 amide bonds. The van der Waals surface area contributed by atoms with Crippen LogP contribution in [0.2, 0.25) is 0 Å². The molecule has 0 radical (unpaired) electrons. The molecule has 0 aliphatic carbocycles. The van der Waals surface area contributed by atoms with Crippen LogP contribution in [0.4, 0.5) is 0 Å². The van der Waals surface area contributed by atoms with Crippen LogP contribution in [0.1, 0.15) is 42.4 Å². The molecule has 6 heteroatoms. The first kappa shape index (κ1) is 13.5. The third-order valence-electron chi connectivity index (χ3n) is 4.44. The van der Waals surface area contributed by atoms with E-state index in [-0.39, 0.29) is 0 Å². The lowest BCUT2D eigenvalue weighted by Crippen LogP contribution is -2.33. The number of hydrogen-bond donors (Lipinski definition) is 1. The average molecular weight is 296 g/mol. The van der Waals surface area contributed by atoms with Gasteiger partial charge in [0.2, 0.25) is 0 Å². The summed E-state index contributed by atoms with van der Waals surface area (Å²) in [7, 11) is 0. The lowest BCUT2D eigenvalue weighted by molar-refractivity contribution is 0.136. The second-order valence-electron chi connectivity index (χ2n) is 5.98. The molecule has 3 aromatic rings. The Morgan fingerprint density at radius 3 is 3.18 bits per heavy atom. The van der Waals surface area contributed by atoms with Crippen molar-refractivity contribution in [2.45, 2.75) is 38.8 Å². The molecule has 6 nitrogen and oxygen atoms in total. The molecule has 1 aliphatic heterocycles. The Morgan fingerprint density at radius 2 is 2.32 bits per heavy atom. The normalized spacial score (nSPS) is 19.8. The maximum absolute atomic E-state index is 4.83. The zero-order chi connectivity index (χ0) is 14.9. The molecule has 4 rings (SSSR count). The summed E-state index contributed by atoms with van der Waals surface area (Å²) in [4.78, 5) is 14.7. The molecule has 0 bridgehead atoms. The summed E-state index contributed by atoms with van der Waals surface area (Å²) in [6.07, 6.45) is 9.13. The van der Waals surface area contributed by atoms with Crippen LogP contribution >= 0.6 is 0 Å². The van der Waals surface area contributed by atoms with Crippen LogP contribution in [0.3, 0.4) is 0 Å². The molecule has 22 heavy (non-hydrogen) atoms. The highest BCUT2D eigenvalue weighted by atomic mass is 15.3. The highest BCUT2D eigenvalue weighted by Crippen LogP contribution is 2.31. The molecule has 4 heterocycles. The molecule has 1 fully saturated rings. The van der Waals surface area contributed by atoms with Crippen molar-refractivity contribution < 1.29 is 0 Å². The number of aromatic amines is 1. The second kappa shape index (κ2) is 5.53. The van der Waals surface area contributed by atoms with Gasteiger partial charge < -0.3 is 4.98 Å². The van der Waals surface area contributed by atoms with Crippen LogP contribution < -0.4 is 0 Å². The van der Waals surface area contributed by atoms with Crippen LogP contribution in [-0.2, 0) is 6.54 Å². The Hall–Kier alpha value is -2.21. The monoisotopic (exact) mass is 296 g/mol. The summed E-state index contributed by atoms with van der Waals surface area (Å²) in [5.74, 6) is 0. The van der Waals surface area contributed by atoms with E-state index in [0.717, 1.165) is 42.2 Å². The number of H-pyrrole nitrogens is 1. The van der Waals surface area contributed by atoms with Crippen LogP contribution in [0.15, 0.2) is 30.9 Å². The molecular weight excluding hydrogens is 276 g/mol. The summed E-state index contributed by atoms with van der Waals surface area (Å²) in [6, 6.07) is 4.52. The van der Waals surface area contributed by atoms with Gasteiger partial charge in [0.05, 0.1) is 24.3 Å². The van der Waals surface area contributed by atoms with Crippen molar-refractivity contribution in [3.8, 4) is 0 Å². The van der Waals surface area contributed by atoms with Crippen LogP contribution in [-0.4, -0.2) is 36.0 Å².